The molecule has 0 radical (unpaired) electrons. The normalized spacial score (nSPS) is 22.1. The number of sulfone groups is 1. The Hall–Kier alpha value is -2.71. The van der Waals surface area contributed by atoms with E-state index in [1.54, 1.807) is 11.0 Å². The summed E-state index contributed by atoms with van der Waals surface area (Å²) in [6, 6.07) is 18.5. The highest BCUT2D eigenvalue weighted by molar-refractivity contribution is 7.91. The summed E-state index contributed by atoms with van der Waals surface area (Å²) in [6.45, 7) is 1.77. The number of nitrogens with two attached hydrogens (primary N) is 1. The first-order chi connectivity index (χ1) is 16.7. The topological polar surface area (TPSA) is 101 Å². The average molecular weight is 498 g/mol. The number of hydrogen-bond acceptors (Lipinski definition) is 5. The van der Waals surface area contributed by atoms with Gasteiger partial charge in [0.05, 0.1) is 0 Å². The van der Waals surface area contributed by atoms with E-state index in [0.29, 0.717) is 43.1 Å². The Bertz CT molecular complexity index is 1140. The molecular formula is C27H35N3O4S. The largest absolute Gasteiger partial charge is 0.366 e. The minimum atomic E-state index is -3.39. The van der Waals surface area contributed by atoms with Crippen LogP contribution in [-0.2, 0) is 21.1 Å². The number of benzene rings is 2. The van der Waals surface area contributed by atoms with E-state index in [0.717, 1.165) is 44.0 Å². The molecule has 2 bridgehead atoms. The Morgan fingerprint density at radius 1 is 1.00 bits per heavy atom. The van der Waals surface area contributed by atoms with Gasteiger partial charge in [-0.05, 0) is 61.3 Å². The molecule has 2 aromatic rings. The van der Waals surface area contributed by atoms with E-state index in [1.807, 2.05) is 42.5 Å². The number of fused-ring (bicyclic) bond motifs is 2. The van der Waals surface area contributed by atoms with Crippen molar-refractivity contribution in [3.8, 4) is 0 Å². The van der Waals surface area contributed by atoms with Gasteiger partial charge in [0.15, 0.2) is 9.84 Å². The molecule has 0 saturated carbocycles. The number of carbonyl (C=O) groups is 2. The van der Waals surface area contributed by atoms with Crippen LogP contribution < -0.4 is 5.73 Å². The van der Waals surface area contributed by atoms with Crippen molar-refractivity contribution in [2.24, 2.45) is 5.73 Å². The van der Waals surface area contributed by atoms with E-state index >= 15 is 0 Å². The van der Waals surface area contributed by atoms with Gasteiger partial charge in [-0.25, -0.2) is 8.42 Å². The van der Waals surface area contributed by atoms with Crippen LogP contribution >= 0.6 is 0 Å². The van der Waals surface area contributed by atoms with Crippen molar-refractivity contribution in [2.45, 2.75) is 50.1 Å². The average Bonchev–Trinajstić information content (AvgIpc) is 3.05. The summed E-state index contributed by atoms with van der Waals surface area (Å²) >= 11 is 0. The second-order valence-electron chi connectivity index (χ2n) is 9.97. The number of hydrogen-bond donors (Lipinski definition) is 1. The van der Waals surface area contributed by atoms with Gasteiger partial charge >= 0.3 is 0 Å². The molecule has 2 N–H and O–H groups in total. The van der Waals surface area contributed by atoms with Crippen LogP contribution in [0.25, 0.3) is 0 Å². The fourth-order valence-corrected chi connectivity index (χ4v) is 6.31. The molecule has 2 aromatic carbocycles. The van der Waals surface area contributed by atoms with Gasteiger partial charge < -0.3 is 10.6 Å². The number of primary amides is 1. The van der Waals surface area contributed by atoms with Crippen molar-refractivity contribution < 1.29 is 18.0 Å². The molecule has 7 nitrogen and oxygen atoms in total. The second-order valence-corrected chi connectivity index (χ2v) is 12.1. The lowest BCUT2D eigenvalue weighted by Crippen LogP contribution is -2.48. The van der Waals surface area contributed by atoms with Gasteiger partial charge in [0.1, 0.15) is 5.75 Å². The van der Waals surface area contributed by atoms with Crippen molar-refractivity contribution in [3.63, 3.8) is 0 Å². The standard InChI is InChI=1S/C27H35N3O4S/c1-35(33,34)19-26(31)29(13-12-20-6-3-2-4-7-20)14-15-30-24-10-11-25(30)18-23(17-24)21-8-5-9-22(16-21)27(28)32/h2-9,16,23-25H,10-15,17-19H2,1H3,(H2,28,32)/t23?,24-,25+. The highest BCUT2D eigenvalue weighted by Gasteiger charge is 2.41. The monoisotopic (exact) mass is 497 g/mol. The maximum absolute atomic E-state index is 12.8. The molecule has 8 heteroatoms. The summed E-state index contributed by atoms with van der Waals surface area (Å²) in [5, 5.41) is 0. The lowest BCUT2D eigenvalue weighted by Gasteiger charge is -2.40. The highest BCUT2D eigenvalue weighted by atomic mass is 32.2. The first-order valence-corrected chi connectivity index (χ1v) is 14.4. The van der Waals surface area contributed by atoms with Crippen LogP contribution in [0.1, 0.15) is 53.1 Å². The smallest absolute Gasteiger partial charge is 0.248 e. The van der Waals surface area contributed by atoms with E-state index in [1.165, 1.54) is 5.56 Å². The van der Waals surface area contributed by atoms with Crippen molar-refractivity contribution in [1.29, 1.82) is 0 Å². The van der Waals surface area contributed by atoms with Crippen molar-refractivity contribution in [1.82, 2.24) is 9.80 Å². The number of carbonyl (C=O) groups excluding carboxylic acids is 2. The zero-order chi connectivity index (χ0) is 25.0. The summed E-state index contributed by atoms with van der Waals surface area (Å²) < 4.78 is 23.6. The zero-order valence-electron chi connectivity index (χ0n) is 20.3. The lowest BCUT2D eigenvalue weighted by atomic mass is 9.84. The molecule has 2 heterocycles. The van der Waals surface area contributed by atoms with E-state index < -0.39 is 21.5 Å². The molecule has 3 atom stereocenters. The lowest BCUT2D eigenvalue weighted by molar-refractivity contribution is -0.128. The van der Waals surface area contributed by atoms with Crippen LogP contribution in [-0.4, -0.2) is 73.8 Å². The predicted molar refractivity (Wildman–Crippen MR) is 137 cm³/mol. The van der Waals surface area contributed by atoms with E-state index in [9.17, 15) is 18.0 Å². The molecule has 2 aliphatic heterocycles. The van der Waals surface area contributed by atoms with Crippen molar-refractivity contribution >= 4 is 21.7 Å². The Kier molecular flexibility index (Phi) is 7.91. The van der Waals surface area contributed by atoms with E-state index in [-0.39, 0.29) is 5.91 Å². The molecule has 0 aliphatic carbocycles. The third-order valence-corrected chi connectivity index (χ3v) is 8.18. The molecule has 1 unspecified atom stereocenters. The minimum Gasteiger partial charge on any atom is -0.366 e. The van der Waals surface area contributed by atoms with Gasteiger partial charge in [0, 0.05) is 43.5 Å². The molecule has 2 fully saturated rings. The number of piperidine rings is 1. The molecular weight excluding hydrogens is 462 g/mol. The van der Waals surface area contributed by atoms with Crippen LogP contribution in [0.4, 0.5) is 0 Å². The molecule has 4 rings (SSSR count). The first-order valence-electron chi connectivity index (χ1n) is 12.3. The van der Waals surface area contributed by atoms with Gasteiger partial charge in [0.2, 0.25) is 11.8 Å². The van der Waals surface area contributed by atoms with Crippen LogP contribution in [0.3, 0.4) is 0 Å². The molecule has 0 spiro atoms. The van der Waals surface area contributed by atoms with Gasteiger partial charge in [-0.15, -0.1) is 0 Å². The summed E-state index contributed by atoms with van der Waals surface area (Å²) in [4.78, 5) is 28.7. The van der Waals surface area contributed by atoms with Crippen LogP contribution in [0.15, 0.2) is 54.6 Å². The molecule has 2 aliphatic rings. The second kappa shape index (κ2) is 10.9. The molecule has 188 valence electrons. The molecule has 2 saturated heterocycles. The number of amides is 2. The van der Waals surface area contributed by atoms with Crippen LogP contribution in [0.5, 0.6) is 0 Å². The van der Waals surface area contributed by atoms with Crippen molar-refractivity contribution in [2.75, 3.05) is 31.6 Å². The Labute approximate surface area is 208 Å². The number of rotatable bonds is 10. The summed E-state index contributed by atoms with van der Waals surface area (Å²) in [5.41, 5.74) is 8.33. The Morgan fingerprint density at radius 3 is 2.31 bits per heavy atom. The fourth-order valence-electron chi connectivity index (χ4n) is 5.68. The van der Waals surface area contributed by atoms with Gasteiger partial charge in [-0.1, -0.05) is 42.5 Å². The van der Waals surface area contributed by atoms with Gasteiger partial charge in [-0.2, -0.15) is 0 Å². The van der Waals surface area contributed by atoms with Crippen LogP contribution in [0, 0.1) is 0 Å². The predicted octanol–water partition coefficient (Wildman–Crippen LogP) is 2.61. The molecule has 2 amide bonds. The summed E-state index contributed by atoms with van der Waals surface area (Å²) in [7, 11) is -3.39. The zero-order valence-corrected chi connectivity index (χ0v) is 21.1. The van der Waals surface area contributed by atoms with Crippen LogP contribution in [0.2, 0.25) is 0 Å². The highest BCUT2D eigenvalue weighted by Crippen LogP contribution is 2.43. The Morgan fingerprint density at radius 2 is 1.69 bits per heavy atom. The summed E-state index contributed by atoms with van der Waals surface area (Å²) in [6.07, 6.45) is 6.08. The van der Waals surface area contributed by atoms with Gasteiger partial charge in [-0.3, -0.25) is 14.5 Å². The Balaban J connectivity index is 1.40. The third-order valence-electron chi connectivity index (χ3n) is 7.41. The quantitative estimate of drug-likeness (QED) is 0.544. The minimum absolute atomic E-state index is 0.325. The maximum atomic E-state index is 12.8. The maximum Gasteiger partial charge on any atom is 0.248 e. The molecule has 0 aromatic heterocycles. The SMILES string of the molecule is CS(=O)(=O)CC(=O)N(CCc1ccccc1)CCN1[C@@H]2CC[C@H]1CC(c1cccc(C(N)=O)c1)C2. The first kappa shape index (κ1) is 25.4. The van der Waals surface area contributed by atoms with E-state index in [4.69, 9.17) is 5.73 Å². The van der Waals surface area contributed by atoms with Crippen molar-refractivity contribution in [3.05, 3.63) is 71.3 Å². The van der Waals surface area contributed by atoms with E-state index in [2.05, 4.69) is 11.0 Å². The molecule has 35 heavy (non-hydrogen) atoms. The summed E-state index contributed by atoms with van der Waals surface area (Å²) in [5.74, 6) is -0.785. The number of nitrogens with zero attached hydrogens (tertiary/aromatic N) is 2. The fraction of sp³-hybridized carbons (Fsp3) is 0.481. The third kappa shape index (κ3) is 6.70. The van der Waals surface area contributed by atoms with Gasteiger partial charge in [0.25, 0.3) is 0 Å².